The number of halogens is 1. The van der Waals surface area contributed by atoms with Crippen LogP contribution in [0.4, 0.5) is 5.82 Å². The molecule has 1 N–H and O–H groups in total. The van der Waals surface area contributed by atoms with Crippen molar-refractivity contribution in [3.63, 3.8) is 0 Å². The molecule has 0 spiro atoms. The first-order valence-corrected chi connectivity index (χ1v) is 10.2. The summed E-state index contributed by atoms with van der Waals surface area (Å²) < 4.78 is 5.61. The smallest absolute Gasteiger partial charge is 0.223 e. The van der Waals surface area contributed by atoms with Crippen LogP contribution in [0.15, 0.2) is 42.6 Å². The summed E-state index contributed by atoms with van der Waals surface area (Å²) in [6.45, 7) is 6.89. The highest BCUT2D eigenvalue weighted by Crippen LogP contribution is 2.23. The molecule has 1 saturated heterocycles. The summed E-state index contributed by atoms with van der Waals surface area (Å²) >= 11 is 5.90. The number of hydrogen-bond acceptors (Lipinski definition) is 4. The van der Waals surface area contributed by atoms with E-state index in [1.54, 1.807) is 6.20 Å². The standard InChI is InChI=1S/C22H28ClN3O2/c1-16(2)28-15-18-5-3-17(4-6-18)13-25-22(27)19-9-11-26(12-10-19)21-8-7-20(23)14-24-21/h3-8,14,16,19H,9-13,15H2,1-2H3,(H,25,27). The van der Waals surface area contributed by atoms with Gasteiger partial charge < -0.3 is 15.0 Å². The fourth-order valence-corrected chi connectivity index (χ4v) is 3.39. The number of aromatic nitrogens is 1. The lowest BCUT2D eigenvalue weighted by molar-refractivity contribution is -0.125. The molecule has 0 saturated carbocycles. The van der Waals surface area contributed by atoms with Gasteiger partial charge in [0.2, 0.25) is 5.91 Å². The number of ether oxygens (including phenoxy) is 1. The topological polar surface area (TPSA) is 54.5 Å². The summed E-state index contributed by atoms with van der Waals surface area (Å²) in [7, 11) is 0. The third kappa shape index (κ3) is 5.94. The molecule has 1 aliphatic rings. The van der Waals surface area contributed by atoms with E-state index in [-0.39, 0.29) is 17.9 Å². The van der Waals surface area contributed by atoms with Crippen LogP contribution < -0.4 is 10.2 Å². The van der Waals surface area contributed by atoms with E-state index in [0.29, 0.717) is 18.2 Å². The van der Waals surface area contributed by atoms with Crippen molar-refractivity contribution < 1.29 is 9.53 Å². The van der Waals surface area contributed by atoms with E-state index in [9.17, 15) is 4.79 Å². The lowest BCUT2D eigenvalue weighted by Crippen LogP contribution is -2.40. The van der Waals surface area contributed by atoms with Gasteiger partial charge in [-0.2, -0.15) is 0 Å². The quantitative estimate of drug-likeness (QED) is 0.755. The minimum absolute atomic E-state index is 0.0577. The summed E-state index contributed by atoms with van der Waals surface area (Å²) in [5, 5.41) is 3.72. The van der Waals surface area contributed by atoms with Gasteiger partial charge in [0, 0.05) is 31.7 Å². The summed E-state index contributed by atoms with van der Waals surface area (Å²) in [6, 6.07) is 12.0. The number of hydrogen-bond donors (Lipinski definition) is 1. The predicted molar refractivity (Wildman–Crippen MR) is 112 cm³/mol. The Hall–Kier alpha value is -2.11. The number of carbonyl (C=O) groups excluding carboxylic acids is 1. The molecule has 0 atom stereocenters. The molecule has 2 heterocycles. The van der Waals surface area contributed by atoms with Crippen molar-refractivity contribution in [3.8, 4) is 0 Å². The fourth-order valence-electron chi connectivity index (χ4n) is 3.28. The molecule has 1 fully saturated rings. The maximum absolute atomic E-state index is 12.5. The van der Waals surface area contributed by atoms with Crippen LogP contribution in [0.3, 0.4) is 0 Å². The van der Waals surface area contributed by atoms with Crippen LogP contribution in [0.5, 0.6) is 0 Å². The van der Waals surface area contributed by atoms with Gasteiger partial charge in [-0.3, -0.25) is 4.79 Å². The van der Waals surface area contributed by atoms with Crippen molar-refractivity contribution in [2.24, 2.45) is 5.92 Å². The van der Waals surface area contributed by atoms with Gasteiger partial charge >= 0.3 is 0 Å². The lowest BCUT2D eigenvalue weighted by atomic mass is 9.96. The van der Waals surface area contributed by atoms with Gasteiger partial charge in [-0.1, -0.05) is 35.9 Å². The Labute approximate surface area is 172 Å². The Kier molecular flexibility index (Phi) is 7.29. The maximum atomic E-state index is 12.5. The number of rotatable bonds is 7. The molecule has 2 aromatic rings. The highest BCUT2D eigenvalue weighted by Gasteiger charge is 2.25. The molecule has 1 aromatic heterocycles. The number of nitrogens with one attached hydrogen (secondary N) is 1. The van der Waals surface area contributed by atoms with Crippen molar-refractivity contribution in [1.29, 1.82) is 0 Å². The minimum atomic E-state index is 0.0577. The molecule has 0 aliphatic carbocycles. The van der Waals surface area contributed by atoms with E-state index in [4.69, 9.17) is 16.3 Å². The molecule has 28 heavy (non-hydrogen) atoms. The first kappa shape index (κ1) is 20.6. The number of amides is 1. The second kappa shape index (κ2) is 9.89. The van der Waals surface area contributed by atoms with Gasteiger partial charge in [0.1, 0.15) is 5.82 Å². The second-order valence-corrected chi connectivity index (χ2v) is 7.93. The molecule has 0 radical (unpaired) electrons. The van der Waals surface area contributed by atoms with Gasteiger partial charge in [0.05, 0.1) is 17.7 Å². The maximum Gasteiger partial charge on any atom is 0.223 e. The second-order valence-electron chi connectivity index (χ2n) is 7.49. The average molecular weight is 402 g/mol. The molecule has 150 valence electrons. The van der Waals surface area contributed by atoms with Crippen LogP contribution >= 0.6 is 11.6 Å². The number of pyridine rings is 1. The summed E-state index contributed by atoms with van der Waals surface area (Å²) in [5.41, 5.74) is 2.25. The van der Waals surface area contributed by atoms with Crippen LogP contribution in [0.25, 0.3) is 0 Å². The number of benzene rings is 1. The van der Waals surface area contributed by atoms with Gasteiger partial charge in [0.25, 0.3) is 0 Å². The third-order valence-corrected chi connectivity index (χ3v) is 5.20. The van der Waals surface area contributed by atoms with E-state index in [2.05, 4.69) is 27.3 Å². The summed E-state index contributed by atoms with van der Waals surface area (Å²) in [6.07, 6.45) is 3.56. The Bertz CT molecular complexity index is 754. The summed E-state index contributed by atoms with van der Waals surface area (Å²) in [5.74, 6) is 1.11. The van der Waals surface area contributed by atoms with Crippen LogP contribution in [-0.4, -0.2) is 30.1 Å². The zero-order valence-electron chi connectivity index (χ0n) is 16.5. The Morgan fingerprint density at radius 3 is 2.46 bits per heavy atom. The van der Waals surface area contributed by atoms with Crippen LogP contribution in [-0.2, 0) is 22.7 Å². The first-order chi connectivity index (χ1) is 13.5. The molecule has 0 unspecified atom stereocenters. The Morgan fingerprint density at radius 2 is 1.86 bits per heavy atom. The molecular formula is C22H28ClN3O2. The van der Waals surface area contributed by atoms with Gasteiger partial charge in [0.15, 0.2) is 0 Å². The van der Waals surface area contributed by atoms with E-state index in [1.165, 1.54) is 0 Å². The largest absolute Gasteiger partial charge is 0.374 e. The van der Waals surface area contributed by atoms with Crippen molar-refractivity contribution in [2.75, 3.05) is 18.0 Å². The Balaban J connectivity index is 1.42. The molecule has 5 nitrogen and oxygen atoms in total. The highest BCUT2D eigenvalue weighted by molar-refractivity contribution is 6.30. The van der Waals surface area contributed by atoms with Gasteiger partial charge in [-0.15, -0.1) is 0 Å². The van der Waals surface area contributed by atoms with E-state index in [1.807, 2.05) is 38.1 Å². The molecule has 6 heteroatoms. The van der Waals surface area contributed by atoms with Crippen molar-refractivity contribution in [1.82, 2.24) is 10.3 Å². The zero-order chi connectivity index (χ0) is 19.9. The summed E-state index contributed by atoms with van der Waals surface area (Å²) in [4.78, 5) is 19.1. The monoisotopic (exact) mass is 401 g/mol. The SMILES string of the molecule is CC(C)OCc1ccc(CNC(=O)C2CCN(c3ccc(Cl)cn3)CC2)cc1. The molecule has 3 rings (SSSR count). The van der Waals surface area contributed by atoms with Crippen LogP contribution in [0, 0.1) is 5.92 Å². The highest BCUT2D eigenvalue weighted by atomic mass is 35.5. The van der Waals surface area contributed by atoms with Crippen LogP contribution in [0.1, 0.15) is 37.8 Å². The molecule has 1 aliphatic heterocycles. The Morgan fingerprint density at radius 1 is 1.18 bits per heavy atom. The molecule has 1 amide bonds. The van der Waals surface area contributed by atoms with E-state index >= 15 is 0 Å². The van der Waals surface area contributed by atoms with Gasteiger partial charge in [-0.25, -0.2) is 4.98 Å². The van der Waals surface area contributed by atoms with E-state index in [0.717, 1.165) is 42.9 Å². The number of nitrogens with zero attached hydrogens (tertiary/aromatic N) is 2. The van der Waals surface area contributed by atoms with E-state index < -0.39 is 0 Å². The fraction of sp³-hybridized carbons (Fsp3) is 0.455. The molecule has 0 bridgehead atoms. The van der Waals surface area contributed by atoms with Crippen molar-refractivity contribution in [3.05, 3.63) is 58.7 Å². The van der Waals surface area contributed by atoms with Crippen molar-refractivity contribution in [2.45, 2.75) is 45.9 Å². The van der Waals surface area contributed by atoms with Crippen LogP contribution in [0.2, 0.25) is 5.02 Å². The van der Waals surface area contributed by atoms with Crippen molar-refractivity contribution >= 4 is 23.3 Å². The lowest BCUT2D eigenvalue weighted by Gasteiger charge is -2.32. The first-order valence-electron chi connectivity index (χ1n) is 9.85. The van der Waals surface area contributed by atoms with Gasteiger partial charge in [-0.05, 0) is 49.9 Å². The molecular weight excluding hydrogens is 374 g/mol. The predicted octanol–water partition coefficient (Wildman–Crippen LogP) is 4.19. The number of carbonyl (C=O) groups is 1. The molecule has 1 aromatic carbocycles. The normalized spacial score (nSPS) is 15.1. The minimum Gasteiger partial charge on any atom is -0.374 e. The zero-order valence-corrected chi connectivity index (χ0v) is 17.3. The third-order valence-electron chi connectivity index (χ3n) is 4.97. The number of anilines is 1. The average Bonchev–Trinajstić information content (AvgIpc) is 2.72. The number of piperidine rings is 1.